The van der Waals surface area contributed by atoms with E-state index in [1.165, 1.54) is 16.8 Å². The van der Waals surface area contributed by atoms with Crippen LogP contribution in [0.1, 0.15) is 16.7 Å². The van der Waals surface area contributed by atoms with Gasteiger partial charge in [0.1, 0.15) is 0 Å². The number of nitrogens with two attached hydrogens (primary N) is 1. The summed E-state index contributed by atoms with van der Waals surface area (Å²) in [5.74, 6) is 0. The summed E-state index contributed by atoms with van der Waals surface area (Å²) in [7, 11) is 0. The van der Waals surface area contributed by atoms with Crippen molar-refractivity contribution in [2.75, 3.05) is 0 Å². The summed E-state index contributed by atoms with van der Waals surface area (Å²) in [6.07, 6.45) is -1.15. The highest BCUT2D eigenvalue weighted by Gasteiger charge is 2.32. The number of alkyl halides is 3. The molecular weight excluding hydrogens is 243 g/mol. The first-order valence-corrected chi connectivity index (χ1v) is 5.37. The fraction of sp³-hybridized carbons (Fsp3) is 0.250. The first-order chi connectivity index (χ1) is 8.50. The maximum atomic E-state index is 12.8. The molecule has 1 heterocycles. The molecule has 1 aromatic carbocycles. The highest BCUT2D eigenvalue weighted by atomic mass is 19.4. The van der Waals surface area contributed by atoms with Crippen molar-refractivity contribution in [3.63, 3.8) is 0 Å². The number of rotatable bonds is 3. The van der Waals surface area contributed by atoms with E-state index in [4.69, 9.17) is 5.73 Å². The smallest absolute Gasteiger partial charge is 0.326 e. The van der Waals surface area contributed by atoms with Gasteiger partial charge in [0, 0.05) is 18.3 Å². The van der Waals surface area contributed by atoms with Crippen LogP contribution in [0.15, 0.2) is 36.7 Å². The molecule has 0 radical (unpaired) electrons. The number of aromatic nitrogens is 2. The van der Waals surface area contributed by atoms with Gasteiger partial charge >= 0.3 is 6.18 Å². The van der Waals surface area contributed by atoms with Crippen LogP contribution in [0.4, 0.5) is 13.2 Å². The lowest BCUT2D eigenvalue weighted by Gasteiger charge is -2.12. The first kappa shape index (κ1) is 12.6. The Morgan fingerprint density at radius 1 is 1.22 bits per heavy atom. The molecule has 0 amide bonds. The molecule has 2 rings (SSSR count). The van der Waals surface area contributed by atoms with Gasteiger partial charge in [0.05, 0.1) is 18.3 Å². The predicted octanol–water partition coefficient (Wildman–Crippen LogP) is 2.41. The molecule has 0 fully saturated rings. The minimum Gasteiger partial charge on any atom is -0.326 e. The van der Waals surface area contributed by atoms with Crippen LogP contribution in [-0.4, -0.2) is 9.78 Å². The van der Waals surface area contributed by atoms with Gasteiger partial charge in [-0.2, -0.15) is 18.3 Å². The van der Waals surface area contributed by atoms with Crippen LogP contribution in [0.3, 0.4) is 0 Å². The third kappa shape index (κ3) is 2.70. The van der Waals surface area contributed by atoms with Gasteiger partial charge in [0.2, 0.25) is 0 Å². The van der Waals surface area contributed by atoms with E-state index in [-0.39, 0.29) is 12.1 Å². The molecule has 0 saturated carbocycles. The highest BCUT2D eigenvalue weighted by Crippen LogP contribution is 2.32. The highest BCUT2D eigenvalue weighted by molar-refractivity contribution is 5.29. The quantitative estimate of drug-likeness (QED) is 0.915. The summed E-state index contributed by atoms with van der Waals surface area (Å²) in [5, 5.41) is 3.97. The zero-order chi connectivity index (χ0) is 13.2. The second-order valence-electron chi connectivity index (χ2n) is 3.91. The van der Waals surface area contributed by atoms with E-state index in [0.717, 1.165) is 11.6 Å². The monoisotopic (exact) mass is 255 g/mol. The Morgan fingerprint density at radius 2 is 1.94 bits per heavy atom. The molecule has 0 atom stereocenters. The lowest BCUT2D eigenvalue weighted by Crippen LogP contribution is -2.11. The van der Waals surface area contributed by atoms with Crippen LogP contribution in [0.2, 0.25) is 0 Å². The van der Waals surface area contributed by atoms with Crippen molar-refractivity contribution >= 4 is 0 Å². The van der Waals surface area contributed by atoms with Gasteiger partial charge in [-0.25, -0.2) is 0 Å². The maximum absolute atomic E-state index is 12.8. The van der Waals surface area contributed by atoms with Crippen molar-refractivity contribution in [3.8, 4) is 0 Å². The number of nitrogens with zero attached hydrogens (tertiary/aromatic N) is 2. The van der Waals surface area contributed by atoms with E-state index >= 15 is 0 Å². The summed E-state index contributed by atoms with van der Waals surface area (Å²) in [6, 6.07) is 5.48. The van der Waals surface area contributed by atoms with Gasteiger partial charge in [0.25, 0.3) is 0 Å². The molecule has 6 heteroatoms. The molecule has 0 aliphatic heterocycles. The predicted molar refractivity (Wildman–Crippen MR) is 60.7 cm³/mol. The SMILES string of the molecule is NCc1cnn(Cc2ccccc2C(F)(F)F)c1. The van der Waals surface area contributed by atoms with E-state index in [9.17, 15) is 13.2 Å². The van der Waals surface area contributed by atoms with Crippen LogP contribution < -0.4 is 5.73 Å². The summed E-state index contributed by atoms with van der Waals surface area (Å²) in [6.45, 7) is 0.399. The molecule has 2 aromatic rings. The largest absolute Gasteiger partial charge is 0.416 e. The zero-order valence-electron chi connectivity index (χ0n) is 9.48. The van der Waals surface area contributed by atoms with Gasteiger partial charge < -0.3 is 5.73 Å². The maximum Gasteiger partial charge on any atom is 0.416 e. The normalized spacial score (nSPS) is 11.8. The molecule has 0 bridgehead atoms. The first-order valence-electron chi connectivity index (χ1n) is 5.37. The molecule has 0 unspecified atom stereocenters. The lowest BCUT2D eigenvalue weighted by atomic mass is 10.1. The van der Waals surface area contributed by atoms with E-state index in [1.54, 1.807) is 18.5 Å². The summed E-state index contributed by atoms with van der Waals surface area (Å²) in [4.78, 5) is 0. The summed E-state index contributed by atoms with van der Waals surface area (Å²) < 4.78 is 39.8. The average molecular weight is 255 g/mol. The number of halogens is 3. The van der Waals surface area contributed by atoms with Crippen LogP contribution in [0, 0.1) is 0 Å². The van der Waals surface area contributed by atoms with Crippen molar-refractivity contribution in [2.24, 2.45) is 5.73 Å². The molecule has 1 aromatic heterocycles. The third-order valence-electron chi connectivity index (χ3n) is 2.58. The average Bonchev–Trinajstić information content (AvgIpc) is 2.76. The van der Waals surface area contributed by atoms with Gasteiger partial charge in [-0.05, 0) is 11.6 Å². The topological polar surface area (TPSA) is 43.8 Å². The number of benzene rings is 1. The minimum atomic E-state index is -4.35. The van der Waals surface area contributed by atoms with Crippen molar-refractivity contribution in [1.29, 1.82) is 0 Å². The van der Waals surface area contributed by atoms with Crippen LogP contribution in [-0.2, 0) is 19.3 Å². The Bertz CT molecular complexity index is 531. The van der Waals surface area contributed by atoms with Gasteiger partial charge in [0.15, 0.2) is 0 Å². The Kier molecular flexibility index (Phi) is 3.38. The van der Waals surface area contributed by atoms with Crippen molar-refractivity contribution in [3.05, 3.63) is 53.3 Å². The Labute approximate surface area is 102 Å². The Morgan fingerprint density at radius 3 is 2.56 bits per heavy atom. The second-order valence-corrected chi connectivity index (χ2v) is 3.91. The fourth-order valence-electron chi connectivity index (χ4n) is 1.71. The molecule has 0 aliphatic carbocycles. The van der Waals surface area contributed by atoms with E-state index < -0.39 is 11.7 Å². The zero-order valence-corrected chi connectivity index (χ0v) is 9.48. The molecule has 96 valence electrons. The molecule has 0 saturated heterocycles. The van der Waals surface area contributed by atoms with Crippen LogP contribution >= 0.6 is 0 Å². The van der Waals surface area contributed by atoms with Gasteiger partial charge in [-0.15, -0.1) is 0 Å². The second kappa shape index (κ2) is 4.81. The van der Waals surface area contributed by atoms with Crippen molar-refractivity contribution in [2.45, 2.75) is 19.3 Å². The van der Waals surface area contributed by atoms with E-state index in [2.05, 4.69) is 5.10 Å². The summed E-state index contributed by atoms with van der Waals surface area (Å²) >= 11 is 0. The van der Waals surface area contributed by atoms with Crippen LogP contribution in [0.25, 0.3) is 0 Å². The molecule has 2 N–H and O–H groups in total. The van der Waals surface area contributed by atoms with Crippen LogP contribution in [0.5, 0.6) is 0 Å². The molecule has 0 spiro atoms. The number of hydrogen-bond donors (Lipinski definition) is 1. The summed E-state index contributed by atoms with van der Waals surface area (Å²) in [5.41, 5.74) is 5.78. The van der Waals surface area contributed by atoms with E-state index in [0.29, 0.717) is 6.54 Å². The Balaban J connectivity index is 2.29. The standard InChI is InChI=1S/C12H12F3N3/c13-12(14,15)11-4-2-1-3-10(11)8-18-7-9(5-16)6-17-18/h1-4,6-7H,5,8,16H2. The number of hydrogen-bond acceptors (Lipinski definition) is 2. The third-order valence-corrected chi connectivity index (χ3v) is 2.58. The molecule has 18 heavy (non-hydrogen) atoms. The molecular formula is C12H12F3N3. The molecule has 0 aliphatic rings. The lowest BCUT2D eigenvalue weighted by molar-refractivity contribution is -0.138. The van der Waals surface area contributed by atoms with Gasteiger partial charge in [-0.3, -0.25) is 4.68 Å². The molecule has 3 nitrogen and oxygen atoms in total. The van der Waals surface area contributed by atoms with Crippen molar-refractivity contribution < 1.29 is 13.2 Å². The van der Waals surface area contributed by atoms with E-state index in [1.807, 2.05) is 0 Å². The van der Waals surface area contributed by atoms with Crippen molar-refractivity contribution in [1.82, 2.24) is 9.78 Å². The fourth-order valence-corrected chi connectivity index (χ4v) is 1.71. The Hall–Kier alpha value is -1.82. The minimum absolute atomic E-state index is 0.0791. The van der Waals surface area contributed by atoms with Gasteiger partial charge in [-0.1, -0.05) is 18.2 Å².